The Kier molecular flexibility index (Phi) is 4.19. The van der Waals surface area contributed by atoms with Crippen molar-refractivity contribution in [1.82, 2.24) is 0 Å². The summed E-state index contributed by atoms with van der Waals surface area (Å²) in [4.78, 5) is 0. The van der Waals surface area contributed by atoms with Gasteiger partial charge in [-0.2, -0.15) is 0 Å². The summed E-state index contributed by atoms with van der Waals surface area (Å²) in [5.41, 5.74) is 10.2. The van der Waals surface area contributed by atoms with Crippen molar-refractivity contribution in [3.63, 3.8) is 0 Å². The summed E-state index contributed by atoms with van der Waals surface area (Å²) in [6, 6.07) is 39.2. The zero-order chi connectivity index (χ0) is 21.7. The molecule has 0 bridgehead atoms. The number of anilines is 2. The van der Waals surface area contributed by atoms with Crippen molar-refractivity contribution in [1.29, 1.82) is 0 Å². The number of hydrogen-bond acceptors (Lipinski definition) is 1. The first-order chi connectivity index (χ1) is 15.6. The number of nitrogens with one attached hydrogen (secondary N) is 1. The Balaban J connectivity index is 1.51. The van der Waals surface area contributed by atoms with Crippen LogP contribution in [0.15, 0.2) is 109 Å². The minimum atomic E-state index is -0.0517. The second kappa shape index (κ2) is 7.10. The van der Waals surface area contributed by atoms with Gasteiger partial charge in [-0.3, -0.25) is 0 Å². The molecule has 0 saturated carbocycles. The van der Waals surface area contributed by atoms with Crippen LogP contribution < -0.4 is 5.32 Å². The Hall–Kier alpha value is -3.84. The highest BCUT2D eigenvalue weighted by Crippen LogP contribution is 2.52. The molecule has 5 aromatic carbocycles. The average Bonchev–Trinajstić information content (AvgIpc) is 3.07. The van der Waals surface area contributed by atoms with Crippen molar-refractivity contribution in [2.75, 3.05) is 5.32 Å². The summed E-state index contributed by atoms with van der Waals surface area (Å²) in [5.74, 6) is 0. The number of hydrogen-bond donors (Lipinski definition) is 1. The van der Waals surface area contributed by atoms with Gasteiger partial charge in [-0.25, -0.2) is 0 Å². The highest BCUT2D eigenvalue weighted by Gasteiger charge is 2.37. The third-order valence-electron chi connectivity index (χ3n) is 6.86. The van der Waals surface area contributed by atoms with E-state index in [0.717, 1.165) is 5.69 Å². The molecule has 1 heteroatoms. The first kappa shape index (κ1) is 18.9. The van der Waals surface area contributed by atoms with Crippen LogP contribution in [0, 0.1) is 0 Å². The maximum absolute atomic E-state index is 3.83. The molecule has 5 aromatic rings. The van der Waals surface area contributed by atoms with Gasteiger partial charge in [0.2, 0.25) is 0 Å². The minimum Gasteiger partial charge on any atom is -0.355 e. The first-order valence-electron chi connectivity index (χ1n) is 11.2. The van der Waals surface area contributed by atoms with Crippen LogP contribution in [0.5, 0.6) is 0 Å². The second-order valence-electron chi connectivity index (χ2n) is 9.10. The molecule has 1 aliphatic carbocycles. The van der Waals surface area contributed by atoms with Crippen LogP contribution in [0.2, 0.25) is 0 Å². The van der Waals surface area contributed by atoms with E-state index in [2.05, 4.69) is 128 Å². The average molecular weight is 412 g/mol. The van der Waals surface area contributed by atoms with Gasteiger partial charge in [0.15, 0.2) is 0 Å². The van der Waals surface area contributed by atoms with Crippen LogP contribution in [0.25, 0.3) is 33.0 Å². The van der Waals surface area contributed by atoms with E-state index in [1.807, 2.05) is 0 Å². The van der Waals surface area contributed by atoms with Crippen LogP contribution in [0.1, 0.15) is 25.0 Å². The molecule has 0 unspecified atom stereocenters. The fourth-order valence-corrected chi connectivity index (χ4v) is 5.38. The molecule has 0 atom stereocenters. The smallest absolute Gasteiger partial charge is 0.0464 e. The molecule has 1 nitrogen and oxygen atoms in total. The minimum absolute atomic E-state index is 0.0517. The summed E-state index contributed by atoms with van der Waals surface area (Å²) < 4.78 is 0. The van der Waals surface area contributed by atoms with Gasteiger partial charge in [-0.05, 0) is 50.7 Å². The molecule has 32 heavy (non-hydrogen) atoms. The van der Waals surface area contributed by atoms with Gasteiger partial charge < -0.3 is 5.32 Å². The van der Waals surface area contributed by atoms with E-state index < -0.39 is 0 Å². The highest BCUT2D eigenvalue weighted by molar-refractivity contribution is 6.00. The predicted octanol–water partition coefficient (Wildman–Crippen LogP) is 8.56. The Morgan fingerprint density at radius 2 is 1.09 bits per heavy atom. The second-order valence-corrected chi connectivity index (χ2v) is 9.10. The van der Waals surface area contributed by atoms with Gasteiger partial charge in [0.05, 0.1) is 0 Å². The van der Waals surface area contributed by atoms with E-state index >= 15 is 0 Å². The zero-order valence-electron chi connectivity index (χ0n) is 18.4. The first-order valence-corrected chi connectivity index (χ1v) is 11.2. The molecule has 0 amide bonds. The van der Waals surface area contributed by atoms with Crippen molar-refractivity contribution < 1.29 is 0 Å². The normalized spacial score (nSPS) is 13.6. The summed E-state index contributed by atoms with van der Waals surface area (Å²) in [7, 11) is 0. The van der Waals surface area contributed by atoms with Gasteiger partial charge in [0.1, 0.15) is 0 Å². The molecular formula is C31H25N. The molecule has 0 saturated heterocycles. The molecule has 6 rings (SSSR count). The lowest BCUT2D eigenvalue weighted by Gasteiger charge is -2.25. The molecule has 154 valence electrons. The van der Waals surface area contributed by atoms with Crippen LogP contribution in [-0.4, -0.2) is 0 Å². The Labute approximate surface area is 189 Å². The summed E-state index contributed by atoms with van der Waals surface area (Å²) in [5, 5.41) is 6.36. The number of para-hydroxylation sites is 1. The van der Waals surface area contributed by atoms with E-state index in [-0.39, 0.29) is 5.41 Å². The fourth-order valence-electron chi connectivity index (χ4n) is 5.38. The van der Waals surface area contributed by atoms with Gasteiger partial charge >= 0.3 is 0 Å². The standard InChI is InChI=1S/C31H25N/c1-31(2)27-18-7-5-14-24(27)26-17-10-20-29(30(26)31)32-28-19-8-6-15-25(28)23-16-9-12-21-11-3-4-13-22(21)23/h3-20,32H,1-2H3. The highest BCUT2D eigenvalue weighted by atomic mass is 14.9. The van der Waals surface area contributed by atoms with Crippen LogP contribution in [-0.2, 0) is 5.41 Å². The van der Waals surface area contributed by atoms with Gasteiger partial charge in [-0.1, -0.05) is 111 Å². The molecule has 0 radical (unpaired) electrons. The van der Waals surface area contributed by atoms with Crippen LogP contribution >= 0.6 is 0 Å². The third kappa shape index (κ3) is 2.78. The van der Waals surface area contributed by atoms with Crippen molar-refractivity contribution in [2.45, 2.75) is 19.3 Å². The fraction of sp³-hybridized carbons (Fsp3) is 0.0968. The third-order valence-corrected chi connectivity index (χ3v) is 6.86. The maximum Gasteiger partial charge on any atom is 0.0464 e. The molecule has 1 aliphatic rings. The quantitative estimate of drug-likeness (QED) is 0.313. The topological polar surface area (TPSA) is 12.0 Å². The molecule has 0 spiro atoms. The lowest BCUT2D eigenvalue weighted by molar-refractivity contribution is 0.662. The van der Waals surface area contributed by atoms with Crippen molar-refractivity contribution in [2.24, 2.45) is 0 Å². The summed E-state index contributed by atoms with van der Waals surface area (Å²) in [6.45, 7) is 4.67. The van der Waals surface area contributed by atoms with Crippen LogP contribution in [0.3, 0.4) is 0 Å². The van der Waals surface area contributed by atoms with E-state index in [0.29, 0.717) is 0 Å². The Bertz CT molecular complexity index is 1470. The lowest BCUT2D eigenvalue weighted by atomic mass is 9.81. The lowest BCUT2D eigenvalue weighted by Crippen LogP contribution is -2.16. The molecule has 1 N–H and O–H groups in total. The van der Waals surface area contributed by atoms with Gasteiger partial charge in [-0.15, -0.1) is 0 Å². The van der Waals surface area contributed by atoms with Gasteiger partial charge in [0, 0.05) is 22.4 Å². The van der Waals surface area contributed by atoms with E-state index in [1.54, 1.807) is 0 Å². The number of rotatable bonds is 3. The van der Waals surface area contributed by atoms with Crippen molar-refractivity contribution in [3.05, 3.63) is 120 Å². The predicted molar refractivity (Wildman–Crippen MR) is 137 cm³/mol. The Morgan fingerprint density at radius 1 is 0.500 bits per heavy atom. The van der Waals surface area contributed by atoms with E-state index in [9.17, 15) is 0 Å². The molecule has 0 aliphatic heterocycles. The SMILES string of the molecule is CC1(C)c2ccccc2-c2cccc(Nc3ccccc3-c3cccc4ccccc34)c21. The summed E-state index contributed by atoms with van der Waals surface area (Å²) in [6.07, 6.45) is 0. The molecular weight excluding hydrogens is 386 g/mol. The maximum atomic E-state index is 3.83. The zero-order valence-corrected chi connectivity index (χ0v) is 18.4. The van der Waals surface area contributed by atoms with Crippen LogP contribution in [0.4, 0.5) is 11.4 Å². The van der Waals surface area contributed by atoms with E-state index in [4.69, 9.17) is 0 Å². The van der Waals surface area contributed by atoms with E-state index in [1.165, 1.54) is 49.8 Å². The molecule has 0 aromatic heterocycles. The molecule has 0 heterocycles. The van der Waals surface area contributed by atoms with Crippen molar-refractivity contribution >= 4 is 22.1 Å². The largest absolute Gasteiger partial charge is 0.355 e. The van der Waals surface area contributed by atoms with Gasteiger partial charge in [0.25, 0.3) is 0 Å². The van der Waals surface area contributed by atoms with Crippen molar-refractivity contribution in [3.8, 4) is 22.3 Å². The number of fused-ring (bicyclic) bond motifs is 4. The monoisotopic (exact) mass is 411 g/mol. The Morgan fingerprint density at radius 3 is 2.00 bits per heavy atom. The molecule has 0 fully saturated rings. The summed E-state index contributed by atoms with van der Waals surface area (Å²) >= 11 is 0. The number of benzene rings is 5.